The zero-order valence-electron chi connectivity index (χ0n) is 21.5. The summed E-state index contributed by atoms with van der Waals surface area (Å²) in [5.74, 6) is 0.434. The number of ketones is 1. The van der Waals surface area contributed by atoms with Crippen LogP contribution in [0.4, 0.5) is 11.4 Å². The first-order valence-corrected chi connectivity index (χ1v) is 13.5. The van der Waals surface area contributed by atoms with Gasteiger partial charge in [0.1, 0.15) is 5.78 Å². The lowest BCUT2D eigenvalue weighted by Gasteiger charge is -2.04. The van der Waals surface area contributed by atoms with Gasteiger partial charge < -0.3 is 0 Å². The topological polar surface area (TPSA) is 115 Å². The number of rotatable bonds is 20. The second kappa shape index (κ2) is 19.0. The Morgan fingerprint density at radius 3 is 1.22 bits per heavy atom. The number of hydrogen-bond donors (Lipinski definition) is 0. The largest absolute Gasteiger partial charge is 0.300 e. The van der Waals surface area contributed by atoms with Gasteiger partial charge >= 0.3 is 0 Å². The van der Waals surface area contributed by atoms with Crippen molar-refractivity contribution in [2.24, 2.45) is 10.2 Å². The maximum Gasteiger partial charge on any atom is 0.132 e. The third-order valence-electron chi connectivity index (χ3n) is 6.54. The zero-order valence-corrected chi connectivity index (χ0v) is 21.5. The van der Waals surface area contributed by atoms with Crippen LogP contribution in [-0.4, -0.2) is 5.78 Å². The molecule has 0 saturated heterocycles. The van der Waals surface area contributed by atoms with Crippen molar-refractivity contribution in [2.75, 3.05) is 0 Å². The highest BCUT2D eigenvalue weighted by Crippen LogP contribution is 2.17. The first-order chi connectivity index (χ1) is 17.7. The monoisotopic (exact) mass is 488 g/mol. The SMILES string of the molecule is [N-]=[N+]=Nc1ccc(CCCCCCCCC(=O)CCCCCCCCc2ccc(N=[N+]=[N-])cc2)cc1. The molecule has 2 aromatic carbocycles. The number of nitrogens with zero attached hydrogens (tertiary/aromatic N) is 6. The average molecular weight is 489 g/mol. The van der Waals surface area contributed by atoms with Gasteiger partial charge in [-0.2, -0.15) is 0 Å². The molecule has 0 bridgehead atoms. The molecule has 0 radical (unpaired) electrons. The van der Waals surface area contributed by atoms with E-state index in [9.17, 15) is 4.79 Å². The summed E-state index contributed by atoms with van der Waals surface area (Å²) in [4.78, 5) is 17.7. The fourth-order valence-electron chi connectivity index (χ4n) is 4.40. The molecule has 0 heterocycles. The van der Waals surface area contributed by atoms with Gasteiger partial charge in [-0.15, -0.1) is 0 Å². The molecule has 0 atom stereocenters. The normalized spacial score (nSPS) is 10.4. The van der Waals surface area contributed by atoms with Crippen molar-refractivity contribution >= 4 is 17.2 Å². The highest BCUT2D eigenvalue weighted by Gasteiger charge is 2.02. The van der Waals surface area contributed by atoms with Crippen LogP contribution >= 0.6 is 0 Å². The summed E-state index contributed by atoms with van der Waals surface area (Å²) < 4.78 is 0. The van der Waals surface area contributed by atoms with Gasteiger partial charge in [0.2, 0.25) is 0 Å². The molecule has 0 aliphatic rings. The summed E-state index contributed by atoms with van der Waals surface area (Å²) in [5.41, 5.74) is 20.8. The molecule has 0 N–H and O–H groups in total. The Morgan fingerprint density at radius 1 is 0.528 bits per heavy atom. The Hall–Kier alpha value is -3.27. The lowest BCUT2D eigenvalue weighted by molar-refractivity contribution is -0.119. The summed E-state index contributed by atoms with van der Waals surface area (Å²) in [6, 6.07) is 15.6. The predicted molar refractivity (Wildman–Crippen MR) is 148 cm³/mol. The van der Waals surface area contributed by atoms with E-state index < -0.39 is 0 Å². The van der Waals surface area contributed by atoms with Crippen LogP contribution < -0.4 is 0 Å². The van der Waals surface area contributed by atoms with Crippen molar-refractivity contribution in [3.8, 4) is 0 Å². The van der Waals surface area contributed by atoms with E-state index >= 15 is 0 Å². The van der Waals surface area contributed by atoms with Crippen molar-refractivity contribution in [1.82, 2.24) is 0 Å². The van der Waals surface area contributed by atoms with Crippen LogP contribution in [-0.2, 0) is 17.6 Å². The van der Waals surface area contributed by atoms with Gasteiger partial charge in [-0.1, -0.05) is 110 Å². The van der Waals surface area contributed by atoms with E-state index in [0.717, 1.165) is 51.4 Å². The molecule has 0 saturated carbocycles. The lowest BCUT2D eigenvalue weighted by atomic mass is 10.0. The molecule has 0 fully saturated rings. The molecular weight excluding hydrogens is 448 g/mol. The van der Waals surface area contributed by atoms with Crippen molar-refractivity contribution in [3.05, 3.63) is 80.5 Å². The minimum absolute atomic E-state index is 0.434. The summed E-state index contributed by atoms with van der Waals surface area (Å²) >= 11 is 0. The number of carbonyl (C=O) groups is 1. The van der Waals surface area contributed by atoms with Gasteiger partial charge in [0, 0.05) is 34.0 Å². The van der Waals surface area contributed by atoms with Gasteiger partial charge in [-0.05, 0) is 60.7 Å². The molecule has 7 heteroatoms. The molecule has 2 rings (SSSR count). The Morgan fingerprint density at radius 2 is 0.861 bits per heavy atom. The molecule has 192 valence electrons. The molecule has 0 aliphatic heterocycles. The highest BCUT2D eigenvalue weighted by molar-refractivity contribution is 5.78. The van der Waals surface area contributed by atoms with Crippen LogP contribution in [0.2, 0.25) is 0 Å². The van der Waals surface area contributed by atoms with Gasteiger partial charge in [-0.3, -0.25) is 4.79 Å². The number of Topliss-reactive ketones (excluding diaryl/α,β-unsaturated/α-hetero) is 1. The first-order valence-electron chi connectivity index (χ1n) is 13.5. The molecule has 7 nitrogen and oxygen atoms in total. The number of hydrogen-bond acceptors (Lipinski definition) is 3. The number of carbonyl (C=O) groups excluding carboxylic acids is 1. The van der Waals surface area contributed by atoms with E-state index in [0.29, 0.717) is 17.2 Å². The minimum Gasteiger partial charge on any atom is -0.300 e. The van der Waals surface area contributed by atoms with Crippen LogP contribution in [0, 0.1) is 0 Å². The fourth-order valence-corrected chi connectivity index (χ4v) is 4.40. The number of unbranched alkanes of at least 4 members (excludes halogenated alkanes) is 10. The minimum atomic E-state index is 0.434. The van der Waals surface area contributed by atoms with E-state index in [1.54, 1.807) is 0 Å². The second-order valence-electron chi connectivity index (χ2n) is 9.49. The summed E-state index contributed by atoms with van der Waals surface area (Å²) in [7, 11) is 0. The van der Waals surface area contributed by atoms with E-state index in [1.807, 2.05) is 48.5 Å². The van der Waals surface area contributed by atoms with E-state index in [-0.39, 0.29) is 0 Å². The summed E-state index contributed by atoms with van der Waals surface area (Å²) in [5, 5.41) is 7.19. The van der Waals surface area contributed by atoms with Crippen molar-refractivity contribution in [3.63, 3.8) is 0 Å². The molecular formula is C29H40N6O. The second-order valence-corrected chi connectivity index (χ2v) is 9.49. The number of benzene rings is 2. The smallest absolute Gasteiger partial charge is 0.132 e. The van der Waals surface area contributed by atoms with E-state index in [1.165, 1.54) is 62.5 Å². The molecule has 0 aliphatic carbocycles. The van der Waals surface area contributed by atoms with Crippen LogP contribution in [0.5, 0.6) is 0 Å². The van der Waals surface area contributed by atoms with Crippen molar-refractivity contribution in [1.29, 1.82) is 0 Å². The Balaban J connectivity index is 1.35. The predicted octanol–water partition coefficient (Wildman–Crippen LogP) is 10.4. The lowest BCUT2D eigenvalue weighted by Crippen LogP contribution is -1.97. The quantitative estimate of drug-likeness (QED) is 0.0784. The van der Waals surface area contributed by atoms with Crippen LogP contribution in [0.1, 0.15) is 101 Å². The van der Waals surface area contributed by atoms with Gasteiger partial charge in [-0.25, -0.2) is 0 Å². The maximum atomic E-state index is 12.1. The third kappa shape index (κ3) is 13.6. The van der Waals surface area contributed by atoms with Gasteiger partial charge in [0.15, 0.2) is 0 Å². The Bertz CT molecular complexity index is 894. The van der Waals surface area contributed by atoms with Crippen LogP contribution in [0.25, 0.3) is 20.9 Å². The fraction of sp³-hybridized carbons (Fsp3) is 0.552. The summed E-state index contributed by atoms with van der Waals surface area (Å²) in [6.45, 7) is 0. The van der Waals surface area contributed by atoms with Crippen LogP contribution in [0.3, 0.4) is 0 Å². The summed E-state index contributed by atoms with van der Waals surface area (Å²) in [6.07, 6.45) is 17.6. The van der Waals surface area contributed by atoms with Gasteiger partial charge in [0.05, 0.1) is 0 Å². The average Bonchev–Trinajstić information content (AvgIpc) is 2.89. The molecule has 0 spiro atoms. The highest BCUT2D eigenvalue weighted by atomic mass is 16.1. The van der Waals surface area contributed by atoms with Crippen molar-refractivity contribution in [2.45, 2.75) is 103 Å². The molecule has 0 aromatic heterocycles. The molecule has 2 aromatic rings. The van der Waals surface area contributed by atoms with E-state index in [2.05, 4.69) is 20.1 Å². The zero-order chi connectivity index (χ0) is 25.7. The maximum absolute atomic E-state index is 12.1. The Kier molecular flexibility index (Phi) is 15.3. The number of aryl methyl sites for hydroxylation is 2. The Labute approximate surface area is 215 Å². The first kappa shape index (κ1) is 29.0. The number of azide groups is 2. The standard InChI is InChI=1S/C29H40N6O/c30-34-32-27-21-17-25(18-22-27)13-9-5-1-3-7-11-15-29(36)16-12-8-4-2-6-10-14-26-19-23-28(24-20-26)33-35-31/h17-24H,1-16H2. The third-order valence-corrected chi connectivity index (χ3v) is 6.54. The van der Waals surface area contributed by atoms with Crippen molar-refractivity contribution < 1.29 is 4.79 Å². The van der Waals surface area contributed by atoms with Gasteiger partial charge in [0.25, 0.3) is 0 Å². The molecule has 36 heavy (non-hydrogen) atoms. The van der Waals surface area contributed by atoms with E-state index in [4.69, 9.17) is 11.1 Å². The molecule has 0 amide bonds. The van der Waals surface area contributed by atoms with Crippen LogP contribution in [0.15, 0.2) is 58.8 Å². The molecule has 0 unspecified atom stereocenters.